The minimum Gasteiger partial charge on any atom is -0.379 e. The molecule has 1 amide bonds. The van der Waals surface area contributed by atoms with E-state index < -0.39 is 0 Å². The zero-order chi connectivity index (χ0) is 17.4. The van der Waals surface area contributed by atoms with Crippen molar-refractivity contribution >= 4 is 29.0 Å². The van der Waals surface area contributed by atoms with E-state index in [0.717, 1.165) is 22.0 Å². The summed E-state index contributed by atoms with van der Waals surface area (Å²) in [6.45, 7) is 7.41. The number of aryl methyl sites for hydroxylation is 1. The molecule has 0 atom stereocenters. The number of benzene rings is 1. The van der Waals surface area contributed by atoms with Gasteiger partial charge in [0.15, 0.2) is 4.34 Å². The summed E-state index contributed by atoms with van der Waals surface area (Å²) in [5.41, 5.74) is 3.31. The Balaban J connectivity index is 1.71. The molecule has 0 aliphatic rings. The third-order valence-electron chi connectivity index (χ3n) is 3.25. The number of hydrogen-bond donors (Lipinski definition) is 1. The first kappa shape index (κ1) is 19.0. The van der Waals surface area contributed by atoms with Crippen molar-refractivity contribution in [2.45, 2.75) is 37.6 Å². The topological polar surface area (TPSA) is 51.2 Å². The molecule has 0 bridgehead atoms. The maximum atomic E-state index is 11.8. The fraction of sp³-hybridized carbons (Fsp3) is 0.444. The van der Waals surface area contributed by atoms with Gasteiger partial charge in [0.1, 0.15) is 0 Å². The highest BCUT2D eigenvalue weighted by atomic mass is 32.2. The second-order valence-electron chi connectivity index (χ2n) is 5.78. The normalized spacial score (nSPS) is 11.0. The second-order valence-corrected chi connectivity index (χ2v) is 7.86. The van der Waals surface area contributed by atoms with Crippen LogP contribution in [-0.4, -0.2) is 35.9 Å². The van der Waals surface area contributed by atoms with Crippen molar-refractivity contribution < 1.29 is 9.53 Å². The smallest absolute Gasteiger partial charge is 0.230 e. The molecule has 0 fully saturated rings. The van der Waals surface area contributed by atoms with Gasteiger partial charge in [-0.25, -0.2) is 4.98 Å². The first-order chi connectivity index (χ1) is 11.5. The molecule has 130 valence electrons. The molecule has 1 N–H and O–H groups in total. The van der Waals surface area contributed by atoms with E-state index in [0.29, 0.717) is 18.9 Å². The minimum atomic E-state index is 0.0385. The summed E-state index contributed by atoms with van der Waals surface area (Å²) in [4.78, 5) is 16.4. The number of carbonyl (C=O) groups excluding carboxylic acids is 1. The van der Waals surface area contributed by atoms with Crippen LogP contribution in [0.4, 0.5) is 0 Å². The summed E-state index contributed by atoms with van der Waals surface area (Å²) in [6.07, 6.45) is 1.08. The van der Waals surface area contributed by atoms with Crippen molar-refractivity contribution in [2.75, 3.05) is 18.9 Å². The van der Waals surface area contributed by atoms with Crippen LogP contribution >= 0.6 is 23.1 Å². The highest BCUT2D eigenvalue weighted by Gasteiger charge is 2.08. The predicted molar refractivity (Wildman–Crippen MR) is 102 cm³/mol. The maximum absolute atomic E-state index is 11.8. The van der Waals surface area contributed by atoms with Crippen LogP contribution in [0.1, 0.15) is 25.8 Å². The molecule has 24 heavy (non-hydrogen) atoms. The average Bonchev–Trinajstić information content (AvgIpc) is 3.02. The minimum absolute atomic E-state index is 0.0385. The monoisotopic (exact) mass is 364 g/mol. The van der Waals surface area contributed by atoms with Gasteiger partial charge in [-0.15, -0.1) is 11.3 Å². The molecular weight excluding hydrogens is 340 g/mol. The van der Waals surface area contributed by atoms with Gasteiger partial charge in [-0.3, -0.25) is 4.79 Å². The van der Waals surface area contributed by atoms with E-state index in [-0.39, 0.29) is 12.0 Å². The van der Waals surface area contributed by atoms with Gasteiger partial charge in [0.2, 0.25) is 5.91 Å². The number of nitrogens with one attached hydrogen (secondary N) is 1. The molecule has 0 saturated carbocycles. The highest BCUT2D eigenvalue weighted by Crippen LogP contribution is 2.28. The van der Waals surface area contributed by atoms with E-state index in [9.17, 15) is 4.79 Å². The van der Waals surface area contributed by atoms with Crippen molar-refractivity contribution in [3.05, 3.63) is 35.2 Å². The van der Waals surface area contributed by atoms with Gasteiger partial charge in [0, 0.05) is 24.1 Å². The Hall–Kier alpha value is -1.37. The number of amides is 1. The highest BCUT2D eigenvalue weighted by molar-refractivity contribution is 8.01. The van der Waals surface area contributed by atoms with Gasteiger partial charge >= 0.3 is 0 Å². The van der Waals surface area contributed by atoms with Crippen molar-refractivity contribution in [2.24, 2.45) is 0 Å². The van der Waals surface area contributed by atoms with Crippen molar-refractivity contribution in [3.8, 4) is 11.3 Å². The molecular formula is C18H24N2O2S2. The summed E-state index contributed by atoms with van der Waals surface area (Å²) >= 11 is 3.06. The lowest BCUT2D eigenvalue weighted by Gasteiger charge is -2.07. The Labute approximate surface area is 152 Å². The number of nitrogens with zero attached hydrogens (tertiary/aromatic N) is 1. The predicted octanol–water partition coefficient (Wildman–Crippen LogP) is 4.14. The quantitative estimate of drug-likeness (QED) is 0.537. The fourth-order valence-corrected chi connectivity index (χ4v) is 3.64. The fourth-order valence-electron chi connectivity index (χ4n) is 1.98. The van der Waals surface area contributed by atoms with E-state index in [1.165, 1.54) is 17.3 Å². The maximum Gasteiger partial charge on any atom is 0.230 e. The lowest BCUT2D eigenvalue weighted by Crippen LogP contribution is -2.27. The van der Waals surface area contributed by atoms with Crippen LogP contribution in [0.15, 0.2) is 34.0 Å². The largest absolute Gasteiger partial charge is 0.379 e. The zero-order valence-electron chi connectivity index (χ0n) is 14.4. The Bertz CT molecular complexity index is 639. The number of rotatable bonds is 9. The molecule has 0 aliphatic heterocycles. The lowest BCUT2D eigenvalue weighted by atomic mass is 10.1. The van der Waals surface area contributed by atoms with Gasteiger partial charge < -0.3 is 10.1 Å². The Morgan fingerprint density at radius 3 is 2.79 bits per heavy atom. The molecule has 4 nitrogen and oxygen atoms in total. The second kappa shape index (κ2) is 9.81. The number of thiazole rings is 1. The molecule has 2 rings (SSSR count). The molecule has 6 heteroatoms. The van der Waals surface area contributed by atoms with Crippen LogP contribution in [0.2, 0.25) is 0 Å². The van der Waals surface area contributed by atoms with Crippen LogP contribution < -0.4 is 5.32 Å². The van der Waals surface area contributed by atoms with Gasteiger partial charge in [-0.05, 0) is 27.2 Å². The van der Waals surface area contributed by atoms with E-state index >= 15 is 0 Å². The third-order valence-corrected chi connectivity index (χ3v) is 5.27. The summed E-state index contributed by atoms with van der Waals surface area (Å²) in [6, 6.07) is 8.31. The van der Waals surface area contributed by atoms with Crippen LogP contribution in [0.3, 0.4) is 0 Å². The molecule has 0 radical (unpaired) electrons. The molecule has 1 heterocycles. The summed E-state index contributed by atoms with van der Waals surface area (Å²) < 4.78 is 6.36. The third kappa shape index (κ3) is 6.63. The van der Waals surface area contributed by atoms with Crippen LogP contribution in [-0.2, 0) is 9.53 Å². The van der Waals surface area contributed by atoms with Crippen LogP contribution in [0.5, 0.6) is 0 Å². The summed E-state index contributed by atoms with van der Waals surface area (Å²) in [5.74, 6) is 0.433. The number of hydrogen-bond acceptors (Lipinski definition) is 5. The Morgan fingerprint density at radius 2 is 2.08 bits per heavy atom. The number of aromatic nitrogens is 1. The molecule has 1 aromatic heterocycles. The number of thioether (sulfide) groups is 1. The zero-order valence-corrected chi connectivity index (χ0v) is 16.0. The van der Waals surface area contributed by atoms with E-state index in [1.807, 2.05) is 19.2 Å². The molecule has 2 aromatic rings. The Kier molecular flexibility index (Phi) is 7.75. The van der Waals surface area contributed by atoms with E-state index in [2.05, 4.69) is 41.5 Å². The average molecular weight is 365 g/mol. The number of ether oxygens (including phenoxy) is 1. The van der Waals surface area contributed by atoms with Gasteiger partial charge in [0.05, 0.1) is 17.6 Å². The van der Waals surface area contributed by atoms with Crippen molar-refractivity contribution in [1.29, 1.82) is 0 Å². The van der Waals surface area contributed by atoms with Crippen molar-refractivity contribution in [1.82, 2.24) is 10.3 Å². The first-order valence-electron chi connectivity index (χ1n) is 8.08. The van der Waals surface area contributed by atoms with Crippen molar-refractivity contribution in [3.63, 3.8) is 0 Å². The summed E-state index contributed by atoms with van der Waals surface area (Å²) in [7, 11) is 0. The summed E-state index contributed by atoms with van der Waals surface area (Å²) in [5, 5.41) is 4.94. The Morgan fingerprint density at radius 1 is 1.33 bits per heavy atom. The van der Waals surface area contributed by atoms with Gasteiger partial charge in [0.25, 0.3) is 0 Å². The van der Waals surface area contributed by atoms with Gasteiger partial charge in [-0.1, -0.05) is 41.6 Å². The van der Waals surface area contributed by atoms with Crippen LogP contribution in [0.25, 0.3) is 11.3 Å². The standard InChI is InChI=1S/C18H24N2O2S2/c1-13(2)22-10-4-9-19-17(21)12-24-18-20-16(11-23-18)15-7-5-14(3)6-8-15/h5-8,11,13H,4,9-10,12H2,1-3H3,(H,19,21). The van der Waals surface area contributed by atoms with Crippen LogP contribution in [0, 0.1) is 6.92 Å². The van der Waals surface area contributed by atoms with Gasteiger partial charge in [-0.2, -0.15) is 0 Å². The molecule has 0 saturated heterocycles. The number of carbonyl (C=O) groups is 1. The molecule has 0 aliphatic carbocycles. The van der Waals surface area contributed by atoms with E-state index in [1.54, 1.807) is 11.3 Å². The van der Waals surface area contributed by atoms with E-state index in [4.69, 9.17) is 4.74 Å². The SMILES string of the molecule is Cc1ccc(-c2csc(SCC(=O)NCCCOC(C)C)n2)cc1. The molecule has 0 unspecified atom stereocenters. The lowest BCUT2D eigenvalue weighted by molar-refractivity contribution is -0.118. The molecule has 0 spiro atoms. The first-order valence-corrected chi connectivity index (χ1v) is 9.95. The molecule has 1 aromatic carbocycles.